The highest BCUT2D eigenvalue weighted by Gasteiger charge is 2.20. The number of amides is 1. The van der Waals surface area contributed by atoms with Crippen molar-refractivity contribution >= 4 is 11.9 Å². The molecule has 1 aromatic heterocycles. The fourth-order valence-electron chi connectivity index (χ4n) is 2.73. The van der Waals surface area contributed by atoms with Gasteiger partial charge in [0, 0.05) is 40.2 Å². The third-order valence-corrected chi connectivity index (χ3v) is 4.08. The summed E-state index contributed by atoms with van der Waals surface area (Å²) < 4.78 is 1.71. The van der Waals surface area contributed by atoms with Gasteiger partial charge in [0.15, 0.2) is 5.96 Å². The average Bonchev–Trinajstić information content (AvgIpc) is 2.95. The molecule has 1 fully saturated rings. The maximum atomic E-state index is 12.2. The number of piperidine rings is 1. The van der Waals surface area contributed by atoms with Crippen LogP contribution in [0.2, 0.25) is 0 Å². The second kappa shape index (κ2) is 8.50. The van der Waals surface area contributed by atoms with Gasteiger partial charge in [0.25, 0.3) is 0 Å². The molecule has 0 aromatic carbocycles. The van der Waals surface area contributed by atoms with Crippen LogP contribution in [-0.2, 0) is 18.4 Å². The number of hydrogen-bond acceptors (Lipinski definition) is 4. The zero-order chi connectivity index (χ0) is 16.7. The maximum absolute atomic E-state index is 12.2. The minimum absolute atomic E-state index is 0.216. The molecule has 128 valence electrons. The van der Waals surface area contributed by atoms with Crippen molar-refractivity contribution < 1.29 is 4.79 Å². The molecule has 1 saturated heterocycles. The molecular weight excluding hydrogens is 294 g/mol. The van der Waals surface area contributed by atoms with E-state index in [2.05, 4.69) is 32.6 Å². The zero-order valence-electron chi connectivity index (χ0n) is 14.2. The van der Waals surface area contributed by atoms with E-state index in [0.717, 1.165) is 25.3 Å². The van der Waals surface area contributed by atoms with Crippen molar-refractivity contribution in [3.05, 3.63) is 12.2 Å². The van der Waals surface area contributed by atoms with E-state index in [1.807, 2.05) is 11.9 Å². The van der Waals surface area contributed by atoms with Crippen molar-refractivity contribution in [2.75, 3.05) is 26.7 Å². The first-order chi connectivity index (χ1) is 11.1. The van der Waals surface area contributed by atoms with E-state index in [9.17, 15) is 4.79 Å². The second-order valence-electron chi connectivity index (χ2n) is 5.99. The van der Waals surface area contributed by atoms with E-state index in [1.54, 1.807) is 11.7 Å². The number of carbonyl (C=O) groups excluding carboxylic acids is 1. The summed E-state index contributed by atoms with van der Waals surface area (Å²) in [6, 6.07) is 0. The molecule has 2 rings (SSSR count). The summed E-state index contributed by atoms with van der Waals surface area (Å²) in [5, 5.41) is 10.3. The number of nitrogens with one attached hydrogen (secondary N) is 2. The molecule has 0 saturated carbocycles. The van der Waals surface area contributed by atoms with Gasteiger partial charge >= 0.3 is 0 Å². The Kier molecular flexibility index (Phi) is 6.37. The molecule has 1 aliphatic heterocycles. The number of aliphatic imine (C=N–C) groups is 1. The van der Waals surface area contributed by atoms with Crippen LogP contribution in [-0.4, -0.2) is 58.2 Å². The first-order valence-corrected chi connectivity index (χ1v) is 8.15. The van der Waals surface area contributed by atoms with Crippen LogP contribution in [0, 0.1) is 5.92 Å². The Morgan fingerprint density at radius 1 is 1.48 bits per heavy atom. The van der Waals surface area contributed by atoms with E-state index < -0.39 is 0 Å². The first-order valence-electron chi connectivity index (χ1n) is 8.15. The summed E-state index contributed by atoms with van der Waals surface area (Å²) in [5.41, 5.74) is 0. The Bertz CT molecular complexity index is 540. The predicted octanol–water partition coefficient (Wildman–Crippen LogP) is 0.129. The number of guanidine groups is 1. The van der Waals surface area contributed by atoms with Gasteiger partial charge in [-0.1, -0.05) is 6.92 Å². The molecule has 0 radical (unpaired) electrons. The topological polar surface area (TPSA) is 87.4 Å². The van der Waals surface area contributed by atoms with Crippen molar-refractivity contribution in [3.63, 3.8) is 0 Å². The lowest BCUT2D eigenvalue weighted by molar-refractivity contribution is -0.132. The molecule has 1 amide bonds. The van der Waals surface area contributed by atoms with Crippen molar-refractivity contribution in [3.8, 4) is 0 Å². The van der Waals surface area contributed by atoms with Gasteiger partial charge in [-0.15, -0.1) is 0 Å². The van der Waals surface area contributed by atoms with Crippen LogP contribution in [0.3, 0.4) is 0 Å². The molecule has 1 aliphatic rings. The quantitative estimate of drug-likeness (QED) is 0.594. The highest BCUT2D eigenvalue weighted by Crippen LogP contribution is 2.15. The molecule has 2 heterocycles. The zero-order valence-corrected chi connectivity index (χ0v) is 14.2. The molecule has 0 aliphatic carbocycles. The summed E-state index contributed by atoms with van der Waals surface area (Å²) in [7, 11) is 3.55. The van der Waals surface area contributed by atoms with Crippen molar-refractivity contribution in [2.24, 2.45) is 18.0 Å². The SMILES string of the molecule is CN=C(NCCC(=O)N1CCCC(C)C1)NCc1ncnn1C. The summed E-state index contributed by atoms with van der Waals surface area (Å²) >= 11 is 0. The fourth-order valence-corrected chi connectivity index (χ4v) is 2.73. The van der Waals surface area contributed by atoms with E-state index in [-0.39, 0.29) is 5.91 Å². The minimum atomic E-state index is 0.216. The van der Waals surface area contributed by atoms with Gasteiger partial charge in [0.1, 0.15) is 12.2 Å². The summed E-state index contributed by atoms with van der Waals surface area (Å²) in [6.07, 6.45) is 4.34. The van der Waals surface area contributed by atoms with E-state index in [4.69, 9.17) is 0 Å². The summed E-state index contributed by atoms with van der Waals surface area (Å²) in [5.74, 6) is 2.31. The third-order valence-electron chi connectivity index (χ3n) is 4.08. The molecule has 1 unspecified atom stereocenters. The Hall–Kier alpha value is -2.12. The van der Waals surface area contributed by atoms with Crippen LogP contribution < -0.4 is 10.6 Å². The lowest BCUT2D eigenvalue weighted by atomic mass is 10.00. The fraction of sp³-hybridized carbons (Fsp3) is 0.733. The molecule has 8 heteroatoms. The number of carbonyl (C=O) groups is 1. The number of aryl methyl sites for hydroxylation is 1. The van der Waals surface area contributed by atoms with Gasteiger partial charge in [-0.25, -0.2) is 4.98 Å². The van der Waals surface area contributed by atoms with Crippen LogP contribution in [0.15, 0.2) is 11.3 Å². The lowest BCUT2D eigenvalue weighted by Gasteiger charge is -2.31. The largest absolute Gasteiger partial charge is 0.356 e. The summed E-state index contributed by atoms with van der Waals surface area (Å²) in [6.45, 7) is 5.09. The predicted molar refractivity (Wildman–Crippen MR) is 88.8 cm³/mol. The van der Waals surface area contributed by atoms with Gasteiger partial charge < -0.3 is 15.5 Å². The number of aromatic nitrogens is 3. The van der Waals surface area contributed by atoms with Crippen LogP contribution in [0.25, 0.3) is 0 Å². The highest BCUT2D eigenvalue weighted by atomic mass is 16.2. The Morgan fingerprint density at radius 3 is 2.96 bits per heavy atom. The molecular formula is C15H27N7O. The van der Waals surface area contributed by atoms with Crippen LogP contribution >= 0.6 is 0 Å². The minimum Gasteiger partial charge on any atom is -0.356 e. The van der Waals surface area contributed by atoms with Gasteiger partial charge in [0.2, 0.25) is 5.91 Å². The van der Waals surface area contributed by atoms with Crippen molar-refractivity contribution in [2.45, 2.75) is 32.7 Å². The Morgan fingerprint density at radius 2 is 2.30 bits per heavy atom. The molecule has 2 N–H and O–H groups in total. The molecule has 0 bridgehead atoms. The highest BCUT2D eigenvalue weighted by molar-refractivity contribution is 5.81. The first kappa shape index (κ1) is 17.2. The molecule has 1 aromatic rings. The Labute approximate surface area is 137 Å². The van der Waals surface area contributed by atoms with Crippen molar-refractivity contribution in [1.29, 1.82) is 0 Å². The smallest absolute Gasteiger partial charge is 0.224 e. The molecule has 0 spiro atoms. The van der Waals surface area contributed by atoms with Crippen LogP contribution in [0.4, 0.5) is 0 Å². The van der Waals surface area contributed by atoms with Crippen molar-refractivity contribution in [1.82, 2.24) is 30.3 Å². The normalized spacial score (nSPS) is 18.8. The van der Waals surface area contributed by atoms with Gasteiger partial charge in [-0.05, 0) is 18.8 Å². The summed E-state index contributed by atoms with van der Waals surface area (Å²) in [4.78, 5) is 22.5. The van der Waals surface area contributed by atoms with E-state index in [0.29, 0.717) is 31.4 Å². The molecule has 23 heavy (non-hydrogen) atoms. The molecule has 8 nitrogen and oxygen atoms in total. The average molecular weight is 321 g/mol. The van der Waals surface area contributed by atoms with E-state index >= 15 is 0 Å². The number of hydrogen-bond donors (Lipinski definition) is 2. The van der Waals surface area contributed by atoms with E-state index in [1.165, 1.54) is 12.7 Å². The van der Waals surface area contributed by atoms with Gasteiger partial charge in [-0.2, -0.15) is 5.10 Å². The number of likely N-dealkylation sites (tertiary alicyclic amines) is 1. The maximum Gasteiger partial charge on any atom is 0.224 e. The third kappa shape index (κ3) is 5.22. The van der Waals surface area contributed by atoms with Crippen LogP contribution in [0.5, 0.6) is 0 Å². The second-order valence-corrected chi connectivity index (χ2v) is 5.99. The monoisotopic (exact) mass is 321 g/mol. The van der Waals surface area contributed by atoms with Crippen LogP contribution in [0.1, 0.15) is 32.0 Å². The van der Waals surface area contributed by atoms with Gasteiger partial charge in [-0.3, -0.25) is 14.5 Å². The Balaban J connectivity index is 1.69. The number of nitrogens with zero attached hydrogens (tertiary/aromatic N) is 5. The standard InChI is InChI=1S/C15H27N7O/c1-12-5-4-8-22(10-12)14(23)6-7-17-15(16-2)18-9-13-19-11-20-21(13)3/h11-12H,4-10H2,1-3H3,(H2,16,17,18). The molecule has 1 atom stereocenters. The number of rotatable bonds is 5. The lowest BCUT2D eigenvalue weighted by Crippen LogP contribution is -2.42. The van der Waals surface area contributed by atoms with Gasteiger partial charge in [0.05, 0.1) is 6.54 Å².